The second-order valence-corrected chi connectivity index (χ2v) is 2.13. The predicted octanol–water partition coefficient (Wildman–Crippen LogP) is 0.600. The highest BCUT2D eigenvalue weighted by Crippen LogP contribution is 1.94. The zero-order chi connectivity index (χ0) is 8.10. The van der Waals surface area contributed by atoms with Crippen LogP contribution in [-0.4, -0.2) is 17.6 Å². The van der Waals surface area contributed by atoms with Gasteiger partial charge < -0.3 is 10.3 Å². The number of aromatic amines is 1. The summed E-state index contributed by atoms with van der Waals surface area (Å²) in [7, 11) is 0. The number of amides is 1. The van der Waals surface area contributed by atoms with E-state index in [0.717, 1.165) is 5.56 Å². The molecule has 4 heteroatoms. The zero-order valence-corrected chi connectivity index (χ0v) is 5.93. The van der Waals surface area contributed by atoms with Crippen molar-refractivity contribution in [2.24, 2.45) is 0 Å². The number of halogens is 1. The van der Waals surface area contributed by atoms with Crippen molar-refractivity contribution in [3.63, 3.8) is 0 Å². The van der Waals surface area contributed by atoms with Crippen molar-refractivity contribution in [1.29, 1.82) is 0 Å². The number of alkyl halides is 1. The number of H-pyrrole nitrogens is 1. The molecule has 3 nitrogen and oxygen atoms in total. The fourth-order valence-electron chi connectivity index (χ4n) is 0.716. The van der Waals surface area contributed by atoms with Gasteiger partial charge in [-0.1, -0.05) is 0 Å². The molecule has 60 valence electrons. The quantitative estimate of drug-likeness (QED) is 0.661. The number of hydrogen-bond acceptors (Lipinski definition) is 1. The molecular weight excluding hydrogens is 147 g/mol. The summed E-state index contributed by atoms with van der Waals surface area (Å²) in [5, 5.41) is 2.40. The van der Waals surface area contributed by atoms with Gasteiger partial charge in [0.25, 0.3) is 5.91 Å². The maximum atomic E-state index is 11.6. The summed E-state index contributed by atoms with van der Waals surface area (Å²) in [6.45, 7) is -0.573. The van der Waals surface area contributed by atoms with Crippen molar-refractivity contribution < 1.29 is 9.18 Å². The van der Waals surface area contributed by atoms with Gasteiger partial charge in [-0.3, -0.25) is 4.79 Å². The maximum absolute atomic E-state index is 11.6. The van der Waals surface area contributed by atoms with E-state index in [0.29, 0.717) is 6.54 Å². The second kappa shape index (κ2) is 3.75. The van der Waals surface area contributed by atoms with Crippen LogP contribution in [0.4, 0.5) is 4.39 Å². The van der Waals surface area contributed by atoms with E-state index >= 15 is 0 Å². The van der Waals surface area contributed by atoms with Gasteiger partial charge in [0, 0.05) is 18.9 Å². The molecule has 0 saturated heterocycles. The van der Waals surface area contributed by atoms with Crippen molar-refractivity contribution in [3.05, 3.63) is 24.0 Å². The minimum Gasteiger partial charge on any atom is -0.367 e. The zero-order valence-electron chi connectivity index (χ0n) is 5.93. The van der Waals surface area contributed by atoms with Crippen LogP contribution in [-0.2, 0) is 11.3 Å². The third-order valence-electron chi connectivity index (χ3n) is 1.27. The topological polar surface area (TPSA) is 44.9 Å². The van der Waals surface area contributed by atoms with Crippen LogP contribution in [0.1, 0.15) is 5.56 Å². The Bertz CT molecular complexity index is 220. The first-order valence-corrected chi connectivity index (χ1v) is 3.27. The first-order valence-electron chi connectivity index (χ1n) is 3.27. The minimum atomic E-state index is -0.954. The van der Waals surface area contributed by atoms with E-state index in [4.69, 9.17) is 0 Å². The van der Waals surface area contributed by atoms with Gasteiger partial charge in [-0.25, -0.2) is 4.39 Å². The van der Waals surface area contributed by atoms with Crippen molar-refractivity contribution >= 4 is 5.91 Å². The molecule has 0 radical (unpaired) electrons. The van der Waals surface area contributed by atoms with E-state index < -0.39 is 12.6 Å². The van der Waals surface area contributed by atoms with Gasteiger partial charge >= 0.3 is 0 Å². The minimum absolute atomic E-state index is 0.381. The van der Waals surface area contributed by atoms with Crippen molar-refractivity contribution in [2.75, 3.05) is 6.67 Å². The molecule has 1 aromatic heterocycles. The number of carbonyl (C=O) groups is 1. The van der Waals surface area contributed by atoms with Crippen LogP contribution >= 0.6 is 0 Å². The van der Waals surface area contributed by atoms with Gasteiger partial charge in [0.05, 0.1) is 0 Å². The monoisotopic (exact) mass is 156 g/mol. The van der Waals surface area contributed by atoms with E-state index in [-0.39, 0.29) is 0 Å². The SMILES string of the molecule is O=C(CF)NCc1cc[nH]c1. The highest BCUT2D eigenvalue weighted by molar-refractivity contribution is 5.76. The second-order valence-electron chi connectivity index (χ2n) is 2.13. The molecule has 2 N–H and O–H groups in total. The fraction of sp³-hybridized carbons (Fsp3) is 0.286. The van der Waals surface area contributed by atoms with Crippen molar-refractivity contribution in [2.45, 2.75) is 6.54 Å². The lowest BCUT2D eigenvalue weighted by molar-refractivity contribution is -0.122. The third kappa shape index (κ3) is 2.41. The Hall–Kier alpha value is -1.32. The summed E-state index contributed by atoms with van der Waals surface area (Å²) in [6.07, 6.45) is 3.50. The molecule has 1 heterocycles. The van der Waals surface area contributed by atoms with Gasteiger partial charge in [0.2, 0.25) is 0 Å². The average Bonchev–Trinajstić information content (AvgIpc) is 2.52. The lowest BCUT2D eigenvalue weighted by Crippen LogP contribution is -2.23. The lowest BCUT2D eigenvalue weighted by Gasteiger charge is -1.97. The first kappa shape index (κ1) is 7.78. The Balaban J connectivity index is 2.29. The van der Waals surface area contributed by atoms with E-state index in [9.17, 15) is 9.18 Å². The molecule has 1 amide bonds. The highest BCUT2D eigenvalue weighted by atomic mass is 19.1. The summed E-state index contributed by atoms with van der Waals surface area (Å²) >= 11 is 0. The predicted molar refractivity (Wildman–Crippen MR) is 38.6 cm³/mol. The van der Waals surface area contributed by atoms with Crippen LogP contribution in [0.2, 0.25) is 0 Å². The van der Waals surface area contributed by atoms with E-state index in [1.807, 2.05) is 6.07 Å². The molecule has 0 spiro atoms. The number of rotatable bonds is 3. The van der Waals surface area contributed by atoms with E-state index in [2.05, 4.69) is 10.3 Å². The van der Waals surface area contributed by atoms with Crippen molar-refractivity contribution in [1.82, 2.24) is 10.3 Å². The lowest BCUT2D eigenvalue weighted by atomic mass is 10.3. The van der Waals surface area contributed by atoms with Crippen LogP contribution in [0.3, 0.4) is 0 Å². The molecule has 0 aromatic carbocycles. The number of aromatic nitrogens is 1. The molecule has 1 aromatic rings. The van der Waals surface area contributed by atoms with Crippen LogP contribution in [0.5, 0.6) is 0 Å². The smallest absolute Gasteiger partial charge is 0.251 e. The molecule has 0 aliphatic heterocycles. The molecule has 0 atom stereocenters. The molecule has 0 bridgehead atoms. The number of nitrogens with one attached hydrogen (secondary N) is 2. The normalized spacial score (nSPS) is 9.55. The maximum Gasteiger partial charge on any atom is 0.251 e. The Morgan fingerprint density at radius 1 is 1.73 bits per heavy atom. The van der Waals surface area contributed by atoms with Gasteiger partial charge in [-0.2, -0.15) is 0 Å². The van der Waals surface area contributed by atoms with Crippen LogP contribution < -0.4 is 5.32 Å². The molecule has 0 unspecified atom stereocenters. The largest absolute Gasteiger partial charge is 0.367 e. The van der Waals surface area contributed by atoms with Gasteiger partial charge in [-0.05, 0) is 11.6 Å². The van der Waals surface area contributed by atoms with Gasteiger partial charge in [0.15, 0.2) is 6.67 Å². The summed E-state index contributed by atoms with van der Waals surface area (Å²) in [5.74, 6) is -0.578. The summed E-state index contributed by atoms with van der Waals surface area (Å²) in [5.41, 5.74) is 0.937. The van der Waals surface area contributed by atoms with Gasteiger partial charge in [-0.15, -0.1) is 0 Å². The summed E-state index contributed by atoms with van der Waals surface area (Å²) < 4.78 is 11.6. The average molecular weight is 156 g/mol. The Kier molecular flexibility index (Phi) is 2.66. The van der Waals surface area contributed by atoms with Crippen LogP contribution in [0, 0.1) is 0 Å². The third-order valence-corrected chi connectivity index (χ3v) is 1.27. The molecule has 0 aliphatic rings. The first-order chi connectivity index (χ1) is 5.33. The fourth-order valence-corrected chi connectivity index (χ4v) is 0.716. The standard InChI is InChI=1S/C7H9FN2O/c8-3-7(11)10-5-6-1-2-9-4-6/h1-2,4,9H,3,5H2,(H,10,11). The van der Waals surface area contributed by atoms with Crippen LogP contribution in [0.15, 0.2) is 18.5 Å². The number of hydrogen-bond donors (Lipinski definition) is 2. The highest BCUT2D eigenvalue weighted by Gasteiger charge is 1.98. The molecule has 0 fully saturated rings. The Labute approximate surface area is 63.6 Å². The van der Waals surface area contributed by atoms with E-state index in [1.165, 1.54) is 0 Å². The Morgan fingerprint density at radius 3 is 3.09 bits per heavy atom. The van der Waals surface area contributed by atoms with Gasteiger partial charge in [0.1, 0.15) is 0 Å². The molecule has 1 rings (SSSR count). The van der Waals surface area contributed by atoms with Crippen LogP contribution in [0.25, 0.3) is 0 Å². The molecule has 11 heavy (non-hydrogen) atoms. The molecular formula is C7H9FN2O. The Morgan fingerprint density at radius 2 is 2.55 bits per heavy atom. The molecule has 0 aliphatic carbocycles. The molecule has 0 saturated carbocycles. The van der Waals surface area contributed by atoms with Crippen molar-refractivity contribution in [3.8, 4) is 0 Å². The van der Waals surface area contributed by atoms with E-state index in [1.54, 1.807) is 12.4 Å². The number of carbonyl (C=O) groups excluding carboxylic acids is 1. The summed E-state index contributed by atoms with van der Waals surface area (Å²) in [4.78, 5) is 13.2. The summed E-state index contributed by atoms with van der Waals surface area (Å²) in [6, 6.07) is 1.82.